The van der Waals surface area contributed by atoms with E-state index in [1.807, 2.05) is 91.0 Å². The number of nitrogens with one attached hydrogen (secondary N) is 1. The first kappa shape index (κ1) is 36.7. The topological polar surface area (TPSA) is 93.0 Å². The Balaban J connectivity index is 1.25. The lowest BCUT2D eigenvalue weighted by Crippen LogP contribution is -2.56. The maximum atomic E-state index is 15.7. The molecule has 60 heavy (non-hydrogen) atoms. The predicted octanol–water partition coefficient (Wildman–Crippen LogP) is 9.18. The third-order valence-corrected chi connectivity index (χ3v) is 11.9. The Bertz CT molecular complexity index is 3050. The lowest BCUT2D eigenvalue weighted by Gasteiger charge is -2.49. The molecule has 0 radical (unpaired) electrons. The molecule has 2 bridgehead atoms. The summed E-state index contributed by atoms with van der Waals surface area (Å²) in [6.45, 7) is 0.344. The first-order chi connectivity index (χ1) is 29.3. The number of aromatic nitrogens is 2. The number of carbonyl (C=O) groups is 2. The summed E-state index contributed by atoms with van der Waals surface area (Å²) in [5.74, 6) is -6.23. The zero-order valence-electron chi connectivity index (χ0n) is 31.5. The molecule has 8 aromatic rings. The molecule has 3 aliphatic heterocycles. The van der Waals surface area contributed by atoms with E-state index in [0.717, 1.165) is 41.0 Å². The van der Waals surface area contributed by atoms with E-state index in [1.165, 1.54) is 0 Å². The van der Waals surface area contributed by atoms with Crippen LogP contribution in [0.15, 0.2) is 115 Å². The fraction of sp³-hybridized carbons (Fsp3) is 0.191. The van der Waals surface area contributed by atoms with Gasteiger partial charge < -0.3 is 28.1 Å². The second-order valence-electron chi connectivity index (χ2n) is 15.4. The highest BCUT2D eigenvalue weighted by atomic mass is 19.2. The molecule has 0 spiro atoms. The summed E-state index contributed by atoms with van der Waals surface area (Å²) in [4.78, 5) is 27.8. The molecular formula is C47H33F4N3O6. The van der Waals surface area contributed by atoms with Gasteiger partial charge in [-0.05, 0) is 28.8 Å². The normalized spacial score (nSPS) is 20.8. The zero-order valence-corrected chi connectivity index (χ0v) is 31.5. The van der Waals surface area contributed by atoms with Gasteiger partial charge in [-0.15, -0.1) is 0 Å². The van der Waals surface area contributed by atoms with Crippen LogP contribution >= 0.6 is 0 Å². The Morgan fingerprint density at radius 1 is 0.567 bits per heavy atom. The Labute approximate surface area is 338 Å². The van der Waals surface area contributed by atoms with E-state index < -0.39 is 65.7 Å². The van der Waals surface area contributed by atoms with Crippen LogP contribution in [0.3, 0.4) is 0 Å². The standard InChI is InChI=1S/C47H33F4N3O6/c48-29-16-27-33(18-31(29)50)53-40-35(23-57-20-24-10-4-1-5-11-24)60-47(44(59-22-26-14-8-3-9-15-26)43(40)58-21-25-12-6-2-7-13-25)54-34-19-32(51)30(49)17-28(34)37-39-38(45(55)52-46(39)56)36(27)41(53)42(37)54/h1-19,35,40,43-44,47H,20-23H2,(H,52,55,56)/t35-,40-,43?,44?,47-/m1/s1. The van der Waals surface area contributed by atoms with Crippen LogP contribution in [0.25, 0.3) is 43.6 Å². The van der Waals surface area contributed by atoms with E-state index in [2.05, 4.69) is 5.32 Å². The molecule has 3 aliphatic rings. The van der Waals surface area contributed by atoms with Crippen molar-refractivity contribution in [2.24, 2.45) is 0 Å². The van der Waals surface area contributed by atoms with Gasteiger partial charge in [0.1, 0.15) is 18.3 Å². The predicted molar refractivity (Wildman–Crippen MR) is 213 cm³/mol. The van der Waals surface area contributed by atoms with Gasteiger partial charge in [-0.25, -0.2) is 17.6 Å². The number of amides is 2. The number of nitrogens with zero attached hydrogens (tertiary/aromatic N) is 2. The fourth-order valence-electron chi connectivity index (χ4n) is 9.42. The number of rotatable bonds is 10. The van der Waals surface area contributed by atoms with E-state index >= 15 is 17.6 Å². The van der Waals surface area contributed by atoms with Gasteiger partial charge in [0.2, 0.25) is 0 Å². The maximum absolute atomic E-state index is 15.7. The van der Waals surface area contributed by atoms with Crippen molar-refractivity contribution >= 4 is 55.4 Å². The number of imide groups is 1. The molecule has 2 unspecified atom stereocenters. The zero-order chi connectivity index (χ0) is 40.8. The van der Waals surface area contributed by atoms with Gasteiger partial charge in [0.05, 0.1) is 65.7 Å². The molecule has 0 saturated carbocycles. The summed E-state index contributed by atoms with van der Waals surface area (Å²) in [7, 11) is 0. The minimum Gasteiger partial charge on any atom is -0.374 e. The molecule has 2 aromatic heterocycles. The molecule has 0 aliphatic carbocycles. The van der Waals surface area contributed by atoms with Crippen molar-refractivity contribution in [1.82, 2.24) is 14.5 Å². The largest absolute Gasteiger partial charge is 0.374 e. The summed E-state index contributed by atoms with van der Waals surface area (Å²) in [5.41, 5.74) is 3.23. The van der Waals surface area contributed by atoms with Crippen LogP contribution in [-0.2, 0) is 38.8 Å². The first-order valence-electron chi connectivity index (χ1n) is 19.5. The van der Waals surface area contributed by atoms with Crippen molar-refractivity contribution in [2.45, 2.75) is 50.4 Å². The Kier molecular flexibility index (Phi) is 8.64. The lowest BCUT2D eigenvalue weighted by molar-refractivity contribution is -0.258. The van der Waals surface area contributed by atoms with Gasteiger partial charge in [-0.3, -0.25) is 14.9 Å². The Morgan fingerprint density at radius 3 is 1.55 bits per heavy atom. The third-order valence-electron chi connectivity index (χ3n) is 11.9. The van der Waals surface area contributed by atoms with Gasteiger partial charge >= 0.3 is 0 Å². The highest BCUT2D eigenvalue weighted by Crippen LogP contribution is 2.53. The Morgan fingerprint density at radius 2 is 1.02 bits per heavy atom. The average Bonchev–Trinajstić information content (AvgIpc) is 3.84. The van der Waals surface area contributed by atoms with E-state index in [-0.39, 0.29) is 75.6 Å². The molecule has 5 heterocycles. The van der Waals surface area contributed by atoms with Crippen LogP contribution in [0.5, 0.6) is 0 Å². The van der Waals surface area contributed by atoms with E-state index in [0.29, 0.717) is 5.52 Å². The molecule has 11 rings (SSSR count). The summed E-state index contributed by atoms with van der Waals surface area (Å²) in [6.07, 6.45) is -4.01. The number of fused-ring (bicyclic) bond motifs is 14. The lowest BCUT2D eigenvalue weighted by atomic mass is 9.92. The SMILES string of the molecule is O=C1NC(=O)c2c1c1c3cc(F)c(F)cc3n3c1c1c2c2cc(F)c(F)cc2n1[C@H]1C(OCc2ccccc2)C(OCc2ccccc2)[C@H]3O[C@@H]1COCc1ccccc1. The van der Waals surface area contributed by atoms with Crippen LogP contribution in [0.1, 0.15) is 49.7 Å². The maximum Gasteiger partial charge on any atom is 0.259 e. The second-order valence-corrected chi connectivity index (χ2v) is 15.4. The van der Waals surface area contributed by atoms with E-state index in [1.54, 1.807) is 9.13 Å². The van der Waals surface area contributed by atoms with Crippen LogP contribution in [0, 0.1) is 23.3 Å². The van der Waals surface area contributed by atoms with E-state index in [9.17, 15) is 9.59 Å². The molecule has 1 saturated heterocycles. The van der Waals surface area contributed by atoms with Gasteiger partial charge in [-0.1, -0.05) is 91.0 Å². The molecule has 1 N–H and O–H groups in total. The molecule has 5 atom stereocenters. The van der Waals surface area contributed by atoms with Crippen LogP contribution in [0.2, 0.25) is 0 Å². The highest BCUT2D eigenvalue weighted by Gasteiger charge is 2.53. The smallest absolute Gasteiger partial charge is 0.259 e. The minimum absolute atomic E-state index is 0.0396. The third kappa shape index (κ3) is 5.60. The number of benzene rings is 6. The van der Waals surface area contributed by atoms with Crippen molar-refractivity contribution in [1.29, 1.82) is 0 Å². The summed E-state index contributed by atoms with van der Waals surface area (Å²) in [5, 5.41) is 2.94. The molecule has 13 heteroatoms. The summed E-state index contributed by atoms with van der Waals surface area (Å²) >= 11 is 0. The van der Waals surface area contributed by atoms with Crippen LogP contribution in [-0.4, -0.2) is 45.9 Å². The van der Waals surface area contributed by atoms with Crippen molar-refractivity contribution < 1.29 is 46.1 Å². The molecular weight excluding hydrogens is 779 g/mol. The highest BCUT2D eigenvalue weighted by molar-refractivity contribution is 6.39. The fourth-order valence-corrected chi connectivity index (χ4v) is 9.42. The van der Waals surface area contributed by atoms with Crippen molar-refractivity contribution in [3.8, 4) is 0 Å². The monoisotopic (exact) mass is 811 g/mol. The number of carbonyl (C=O) groups excluding carboxylic acids is 2. The molecule has 9 nitrogen and oxygen atoms in total. The van der Waals surface area contributed by atoms with Gasteiger partial charge in [0.15, 0.2) is 29.5 Å². The quantitative estimate of drug-likeness (QED) is 0.109. The van der Waals surface area contributed by atoms with Gasteiger partial charge in [0.25, 0.3) is 11.8 Å². The Hall–Kier alpha value is -6.38. The number of hydrogen-bond donors (Lipinski definition) is 1. The molecule has 1 fully saturated rings. The first-order valence-corrected chi connectivity index (χ1v) is 19.5. The number of halogens is 4. The van der Waals surface area contributed by atoms with Gasteiger partial charge in [-0.2, -0.15) is 0 Å². The van der Waals surface area contributed by atoms with Crippen molar-refractivity contribution in [3.63, 3.8) is 0 Å². The summed E-state index contributed by atoms with van der Waals surface area (Å²) < 4.78 is 93.2. The molecule has 6 aromatic carbocycles. The second kappa shape index (κ2) is 14.1. The molecule has 2 amide bonds. The van der Waals surface area contributed by atoms with Crippen LogP contribution < -0.4 is 5.32 Å². The minimum atomic E-state index is -1.18. The number of hydrogen-bond acceptors (Lipinski definition) is 6. The van der Waals surface area contributed by atoms with Crippen LogP contribution in [0.4, 0.5) is 17.6 Å². The van der Waals surface area contributed by atoms with Crippen molar-refractivity contribution in [3.05, 3.63) is 166 Å². The van der Waals surface area contributed by atoms with Crippen molar-refractivity contribution in [2.75, 3.05) is 6.61 Å². The van der Waals surface area contributed by atoms with Gasteiger partial charge in [0, 0.05) is 33.7 Å². The molecule has 300 valence electrons. The average molecular weight is 812 g/mol. The number of ether oxygens (including phenoxy) is 4. The van der Waals surface area contributed by atoms with E-state index in [4.69, 9.17) is 18.9 Å². The summed E-state index contributed by atoms with van der Waals surface area (Å²) in [6, 6.07) is 31.6.